The van der Waals surface area contributed by atoms with Gasteiger partial charge < -0.3 is 9.97 Å². The summed E-state index contributed by atoms with van der Waals surface area (Å²) in [7, 11) is 0. The zero-order chi connectivity index (χ0) is 18.5. The average molecular weight is 362 g/mol. The van der Waals surface area contributed by atoms with Gasteiger partial charge in [0, 0.05) is 33.7 Å². The lowest BCUT2D eigenvalue weighted by atomic mass is 9.73. The van der Waals surface area contributed by atoms with E-state index in [2.05, 4.69) is 94.9 Å². The molecule has 1 aliphatic carbocycles. The lowest BCUT2D eigenvalue weighted by Gasteiger charge is -2.32. The molecule has 0 radical (unpaired) electrons. The van der Waals surface area contributed by atoms with E-state index in [4.69, 9.17) is 0 Å². The SMILES string of the molecule is c1ccc([C@@H]2Cc3[nH]c4ccccc4c3C[C@@H]2c2cc3ccccc3[nH]2)cc1. The van der Waals surface area contributed by atoms with Crippen LogP contribution in [0.4, 0.5) is 0 Å². The number of H-pyrrole nitrogens is 2. The Morgan fingerprint density at radius 3 is 2.25 bits per heavy atom. The first-order valence-electron chi connectivity index (χ1n) is 10.1. The Labute approximate surface area is 164 Å². The molecule has 0 saturated heterocycles. The molecule has 6 rings (SSSR count). The van der Waals surface area contributed by atoms with E-state index < -0.39 is 0 Å². The summed E-state index contributed by atoms with van der Waals surface area (Å²) in [5, 5.41) is 2.68. The van der Waals surface area contributed by atoms with E-state index in [-0.39, 0.29) is 0 Å². The Hall–Kier alpha value is -3.26. The van der Waals surface area contributed by atoms with Crippen LogP contribution < -0.4 is 0 Å². The van der Waals surface area contributed by atoms with E-state index in [0.717, 1.165) is 12.8 Å². The monoisotopic (exact) mass is 362 g/mol. The minimum atomic E-state index is 0.446. The summed E-state index contributed by atoms with van der Waals surface area (Å²) in [4.78, 5) is 7.43. The van der Waals surface area contributed by atoms with Crippen LogP contribution in [0.2, 0.25) is 0 Å². The van der Waals surface area contributed by atoms with Gasteiger partial charge >= 0.3 is 0 Å². The predicted octanol–water partition coefficient (Wildman–Crippen LogP) is 6.32. The van der Waals surface area contributed by atoms with Crippen molar-refractivity contribution in [2.45, 2.75) is 24.7 Å². The van der Waals surface area contributed by atoms with Crippen molar-refractivity contribution in [3.05, 3.63) is 107 Å². The zero-order valence-corrected chi connectivity index (χ0v) is 15.7. The Morgan fingerprint density at radius 2 is 1.39 bits per heavy atom. The number of para-hydroxylation sites is 2. The largest absolute Gasteiger partial charge is 0.358 e. The smallest absolute Gasteiger partial charge is 0.0458 e. The minimum absolute atomic E-state index is 0.446. The second-order valence-electron chi connectivity index (χ2n) is 7.97. The molecule has 1 aliphatic rings. The van der Waals surface area contributed by atoms with Crippen molar-refractivity contribution in [1.29, 1.82) is 0 Å². The predicted molar refractivity (Wildman–Crippen MR) is 116 cm³/mol. The number of aromatic nitrogens is 2. The molecule has 2 aromatic heterocycles. The second kappa shape index (κ2) is 6.13. The Balaban J connectivity index is 1.53. The van der Waals surface area contributed by atoms with Gasteiger partial charge in [0.25, 0.3) is 0 Å². The van der Waals surface area contributed by atoms with Gasteiger partial charge in [0.05, 0.1) is 0 Å². The molecule has 0 spiro atoms. The van der Waals surface area contributed by atoms with Gasteiger partial charge in [-0.3, -0.25) is 0 Å². The molecular formula is C26H22N2. The molecule has 2 atom stereocenters. The summed E-state index contributed by atoms with van der Waals surface area (Å²) >= 11 is 0. The van der Waals surface area contributed by atoms with Crippen molar-refractivity contribution >= 4 is 21.8 Å². The molecule has 28 heavy (non-hydrogen) atoms. The van der Waals surface area contributed by atoms with E-state index in [1.807, 2.05) is 0 Å². The van der Waals surface area contributed by atoms with Gasteiger partial charge in [0.15, 0.2) is 0 Å². The maximum absolute atomic E-state index is 3.73. The highest BCUT2D eigenvalue weighted by molar-refractivity contribution is 5.85. The summed E-state index contributed by atoms with van der Waals surface area (Å²) in [6.45, 7) is 0. The molecule has 2 N–H and O–H groups in total. The molecule has 2 nitrogen and oxygen atoms in total. The summed E-state index contributed by atoms with van der Waals surface area (Å²) in [6, 6.07) is 30.7. The van der Waals surface area contributed by atoms with Crippen molar-refractivity contribution in [3.63, 3.8) is 0 Å². The third-order valence-electron chi connectivity index (χ3n) is 6.41. The van der Waals surface area contributed by atoms with Gasteiger partial charge in [-0.05, 0) is 53.5 Å². The number of hydrogen-bond acceptors (Lipinski definition) is 0. The number of benzene rings is 3. The topological polar surface area (TPSA) is 31.6 Å². The summed E-state index contributed by atoms with van der Waals surface area (Å²) < 4.78 is 0. The standard InChI is InChI=1S/C26H22N2/c1-2-8-17(9-3-1)20-16-26-21(19-11-5-7-13-24(19)28-26)15-22(20)25-14-18-10-4-6-12-23(18)27-25/h1-14,20,22,27-28H,15-16H2/t20-,22-/m0/s1. The van der Waals surface area contributed by atoms with Gasteiger partial charge in [-0.2, -0.15) is 0 Å². The van der Waals surface area contributed by atoms with Crippen LogP contribution in [0.3, 0.4) is 0 Å². The molecule has 2 heterocycles. The highest BCUT2D eigenvalue weighted by atomic mass is 14.8. The van der Waals surface area contributed by atoms with Crippen LogP contribution in [0, 0.1) is 0 Å². The van der Waals surface area contributed by atoms with Gasteiger partial charge in [-0.25, -0.2) is 0 Å². The van der Waals surface area contributed by atoms with Crippen molar-refractivity contribution in [2.24, 2.45) is 0 Å². The fraction of sp³-hybridized carbons (Fsp3) is 0.154. The lowest BCUT2D eigenvalue weighted by Crippen LogP contribution is -2.22. The Bertz CT molecular complexity index is 1240. The zero-order valence-electron chi connectivity index (χ0n) is 15.7. The molecular weight excluding hydrogens is 340 g/mol. The lowest BCUT2D eigenvalue weighted by molar-refractivity contribution is 0.491. The van der Waals surface area contributed by atoms with Crippen molar-refractivity contribution < 1.29 is 0 Å². The summed E-state index contributed by atoms with van der Waals surface area (Å²) in [6.07, 6.45) is 2.11. The van der Waals surface area contributed by atoms with Crippen molar-refractivity contribution in [1.82, 2.24) is 9.97 Å². The van der Waals surface area contributed by atoms with E-state index in [9.17, 15) is 0 Å². The third kappa shape index (κ3) is 2.41. The normalized spacial score (nSPS) is 19.1. The molecule has 3 aromatic carbocycles. The maximum atomic E-state index is 3.73. The van der Waals surface area contributed by atoms with Gasteiger partial charge in [0.2, 0.25) is 0 Å². The third-order valence-corrected chi connectivity index (χ3v) is 6.41. The van der Waals surface area contributed by atoms with Crippen LogP contribution in [0.5, 0.6) is 0 Å². The first-order valence-corrected chi connectivity index (χ1v) is 10.1. The number of hydrogen-bond donors (Lipinski definition) is 2. The van der Waals surface area contributed by atoms with Crippen LogP contribution in [-0.2, 0) is 12.8 Å². The molecule has 0 amide bonds. The minimum Gasteiger partial charge on any atom is -0.358 e. The first kappa shape index (κ1) is 15.8. The van der Waals surface area contributed by atoms with Crippen molar-refractivity contribution in [3.8, 4) is 0 Å². The van der Waals surface area contributed by atoms with Crippen LogP contribution in [-0.4, -0.2) is 9.97 Å². The van der Waals surface area contributed by atoms with E-state index in [1.165, 1.54) is 44.3 Å². The highest BCUT2D eigenvalue weighted by Gasteiger charge is 2.33. The summed E-state index contributed by atoms with van der Waals surface area (Å²) in [5.74, 6) is 0.913. The number of rotatable bonds is 2. The number of fused-ring (bicyclic) bond motifs is 4. The Kier molecular flexibility index (Phi) is 3.45. The van der Waals surface area contributed by atoms with Gasteiger partial charge in [-0.1, -0.05) is 66.7 Å². The Morgan fingerprint density at radius 1 is 0.643 bits per heavy atom. The van der Waals surface area contributed by atoms with Gasteiger partial charge in [-0.15, -0.1) is 0 Å². The van der Waals surface area contributed by atoms with Crippen LogP contribution >= 0.6 is 0 Å². The van der Waals surface area contributed by atoms with E-state index in [1.54, 1.807) is 0 Å². The molecule has 0 aliphatic heterocycles. The summed E-state index contributed by atoms with van der Waals surface area (Å²) in [5.41, 5.74) is 8.17. The molecule has 0 unspecified atom stereocenters. The van der Waals surface area contributed by atoms with E-state index >= 15 is 0 Å². The van der Waals surface area contributed by atoms with Gasteiger partial charge in [0.1, 0.15) is 0 Å². The van der Waals surface area contributed by atoms with E-state index in [0.29, 0.717) is 11.8 Å². The van der Waals surface area contributed by atoms with Crippen LogP contribution in [0.25, 0.3) is 21.8 Å². The molecule has 2 heteroatoms. The van der Waals surface area contributed by atoms with Crippen molar-refractivity contribution in [2.75, 3.05) is 0 Å². The maximum Gasteiger partial charge on any atom is 0.0458 e. The molecule has 0 bridgehead atoms. The highest BCUT2D eigenvalue weighted by Crippen LogP contribution is 2.45. The molecule has 0 fully saturated rings. The molecule has 5 aromatic rings. The second-order valence-corrected chi connectivity index (χ2v) is 7.97. The molecule has 136 valence electrons. The number of aromatic amines is 2. The molecule has 0 saturated carbocycles. The quantitative estimate of drug-likeness (QED) is 0.368. The van der Waals surface area contributed by atoms with Crippen LogP contribution in [0.15, 0.2) is 84.9 Å². The van der Waals surface area contributed by atoms with Crippen LogP contribution in [0.1, 0.15) is 34.4 Å². The average Bonchev–Trinajstić information content (AvgIpc) is 3.34. The first-order chi connectivity index (χ1) is 13.9. The fourth-order valence-electron chi connectivity index (χ4n) is 5.06. The number of nitrogens with one attached hydrogen (secondary N) is 2. The fourth-order valence-corrected chi connectivity index (χ4v) is 5.06.